The molecule has 1 heterocycles. The molecule has 1 N–H and O–H groups in total. The van der Waals surface area contributed by atoms with Crippen LogP contribution in [0.15, 0.2) is 54.7 Å². The molecule has 0 spiro atoms. The van der Waals surface area contributed by atoms with E-state index in [2.05, 4.69) is 64.6 Å². The predicted molar refractivity (Wildman–Crippen MR) is 117 cm³/mol. The van der Waals surface area contributed by atoms with Crippen molar-refractivity contribution in [2.24, 2.45) is 0 Å². The number of aliphatic hydroxyl groups is 1. The number of likely N-dealkylation sites (N-methyl/N-ethyl adjacent to an activating group) is 1. The summed E-state index contributed by atoms with van der Waals surface area (Å²) < 4.78 is 2.16. The van der Waals surface area contributed by atoms with Gasteiger partial charge in [-0.25, -0.2) is 0 Å². The lowest BCUT2D eigenvalue weighted by Gasteiger charge is -2.17. The third-order valence-corrected chi connectivity index (χ3v) is 4.87. The Kier molecular flexibility index (Phi) is 6.93. The zero-order valence-corrected chi connectivity index (χ0v) is 16.4. The smallest absolute Gasteiger partial charge is 0.0558 e. The molecule has 0 saturated carbocycles. The molecule has 0 aliphatic carbocycles. The van der Waals surface area contributed by atoms with Gasteiger partial charge in [0.25, 0.3) is 0 Å². The summed E-state index contributed by atoms with van der Waals surface area (Å²) in [5.74, 6) is 9.20. The number of nitrogens with zero attached hydrogens (tertiary/aromatic N) is 2. The summed E-state index contributed by atoms with van der Waals surface area (Å²) in [4.78, 5) is 2.24. The Labute approximate surface area is 167 Å². The number of aliphatic hydroxyl groups excluding tert-OH is 1. The zero-order valence-electron chi connectivity index (χ0n) is 16.4. The molecule has 2 aromatic carbocycles. The molecule has 3 nitrogen and oxygen atoms in total. The highest BCUT2D eigenvalue weighted by Crippen LogP contribution is 2.22. The van der Waals surface area contributed by atoms with E-state index in [1.807, 2.05) is 24.3 Å². The molecular weight excluding hydrogens is 344 g/mol. The van der Waals surface area contributed by atoms with Crippen LogP contribution in [0.4, 0.5) is 0 Å². The van der Waals surface area contributed by atoms with Gasteiger partial charge < -0.3 is 14.6 Å². The van der Waals surface area contributed by atoms with Crippen LogP contribution < -0.4 is 0 Å². The molecule has 1 aromatic heterocycles. The van der Waals surface area contributed by atoms with Crippen molar-refractivity contribution >= 4 is 10.9 Å². The molecule has 0 fully saturated rings. The van der Waals surface area contributed by atoms with Gasteiger partial charge in [-0.1, -0.05) is 24.7 Å². The topological polar surface area (TPSA) is 28.4 Å². The maximum absolute atomic E-state index is 9.02. The molecular formula is C25H26N2O. The maximum Gasteiger partial charge on any atom is 0.0558 e. The van der Waals surface area contributed by atoms with E-state index in [0.29, 0.717) is 0 Å². The first-order chi connectivity index (χ1) is 13.7. The van der Waals surface area contributed by atoms with Crippen molar-refractivity contribution in [2.75, 3.05) is 26.2 Å². The molecule has 0 atom stereocenters. The fourth-order valence-corrected chi connectivity index (χ4v) is 3.29. The highest BCUT2D eigenvalue weighted by molar-refractivity contribution is 5.83. The van der Waals surface area contributed by atoms with Gasteiger partial charge in [0.15, 0.2) is 0 Å². The molecule has 3 aromatic rings. The van der Waals surface area contributed by atoms with Crippen LogP contribution >= 0.6 is 0 Å². The van der Waals surface area contributed by atoms with Gasteiger partial charge in [0.05, 0.1) is 12.1 Å². The number of unbranched alkanes of at least 4 members (excludes halogenated alkanes) is 1. The minimum Gasteiger partial charge on any atom is -0.395 e. The lowest BCUT2D eigenvalue weighted by Crippen LogP contribution is -2.27. The molecule has 0 unspecified atom stereocenters. The van der Waals surface area contributed by atoms with Crippen molar-refractivity contribution < 1.29 is 5.11 Å². The van der Waals surface area contributed by atoms with Crippen molar-refractivity contribution in [1.29, 1.82) is 0 Å². The Morgan fingerprint density at radius 1 is 1.04 bits per heavy atom. The van der Waals surface area contributed by atoms with E-state index in [4.69, 9.17) is 11.5 Å². The van der Waals surface area contributed by atoms with Crippen LogP contribution in [-0.2, 0) is 0 Å². The number of fused-ring (bicyclic) bond motifs is 1. The Morgan fingerprint density at radius 2 is 1.82 bits per heavy atom. The van der Waals surface area contributed by atoms with Crippen molar-refractivity contribution in [3.05, 3.63) is 65.9 Å². The Hall–Kier alpha value is -2.98. The Balaban J connectivity index is 1.66. The summed E-state index contributed by atoms with van der Waals surface area (Å²) in [6.45, 7) is 5.02. The first-order valence-corrected chi connectivity index (χ1v) is 9.75. The fraction of sp³-hybridized carbons (Fsp3) is 0.280. The van der Waals surface area contributed by atoms with Gasteiger partial charge in [-0.05, 0) is 68.0 Å². The Morgan fingerprint density at radius 3 is 2.54 bits per heavy atom. The predicted octanol–water partition coefficient (Wildman–Crippen LogP) is 4.06. The fourth-order valence-electron chi connectivity index (χ4n) is 3.29. The minimum atomic E-state index is 0.216. The zero-order chi connectivity index (χ0) is 19.8. The first-order valence-electron chi connectivity index (χ1n) is 9.75. The number of aromatic nitrogens is 1. The second kappa shape index (κ2) is 9.81. The highest BCUT2D eigenvalue weighted by Gasteiger charge is 2.04. The van der Waals surface area contributed by atoms with Crippen LogP contribution in [0.2, 0.25) is 0 Å². The van der Waals surface area contributed by atoms with Gasteiger partial charge >= 0.3 is 0 Å². The molecule has 0 saturated heterocycles. The first kappa shape index (κ1) is 19.8. The van der Waals surface area contributed by atoms with Crippen LogP contribution in [0.5, 0.6) is 0 Å². The second-order valence-electron chi connectivity index (χ2n) is 6.71. The third-order valence-electron chi connectivity index (χ3n) is 4.87. The SMILES string of the molecule is C#Cc1ccc(-n2ccc3cc(C#CCCCN(CC)CCO)ccc32)cc1. The van der Waals surface area contributed by atoms with Crippen LogP contribution in [0.25, 0.3) is 16.6 Å². The summed E-state index contributed by atoms with van der Waals surface area (Å²) in [6, 6.07) is 16.4. The van der Waals surface area contributed by atoms with Crippen LogP contribution in [0.3, 0.4) is 0 Å². The number of rotatable bonds is 7. The summed E-state index contributed by atoms with van der Waals surface area (Å²) in [7, 11) is 0. The van der Waals surface area contributed by atoms with E-state index in [1.54, 1.807) is 0 Å². The summed E-state index contributed by atoms with van der Waals surface area (Å²) >= 11 is 0. The van der Waals surface area contributed by atoms with Gasteiger partial charge in [0, 0.05) is 41.4 Å². The van der Waals surface area contributed by atoms with Crippen molar-refractivity contribution in [3.8, 4) is 29.9 Å². The van der Waals surface area contributed by atoms with E-state index in [1.165, 1.54) is 5.39 Å². The summed E-state index contributed by atoms with van der Waals surface area (Å²) in [6.07, 6.45) is 9.40. The van der Waals surface area contributed by atoms with Gasteiger partial charge in [-0.3, -0.25) is 0 Å². The summed E-state index contributed by atoms with van der Waals surface area (Å²) in [5.41, 5.74) is 4.17. The van der Waals surface area contributed by atoms with Gasteiger partial charge in [0.2, 0.25) is 0 Å². The van der Waals surface area contributed by atoms with Gasteiger partial charge in [-0.2, -0.15) is 0 Å². The number of hydrogen-bond donors (Lipinski definition) is 1. The molecule has 142 valence electrons. The molecule has 28 heavy (non-hydrogen) atoms. The normalized spacial score (nSPS) is 10.6. The molecule has 0 amide bonds. The number of benzene rings is 2. The standard InChI is InChI=1S/C25H26N2O/c1-3-21-9-12-24(13-10-21)27-17-15-23-20-22(11-14-25(23)27)8-6-5-7-16-26(4-2)18-19-28/h1,9-15,17,20,28H,4-5,7,16,18-19H2,2H3. The van der Waals surface area contributed by atoms with Crippen LogP contribution in [0.1, 0.15) is 30.9 Å². The van der Waals surface area contributed by atoms with E-state index in [9.17, 15) is 0 Å². The van der Waals surface area contributed by atoms with Gasteiger partial charge in [-0.15, -0.1) is 6.42 Å². The quantitative estimate of drug-likeness (QED) is 0.502. The third kappa shape index (κ3) is 4.84. The van der Waals surface area contributed by atoms with E-state index < -0.39 is 0 Å². The second-order valence-corrected chi connectivity index (χ2v) is 6.71. The molecule has 0 radical (unpaired) electrons. The summed E-state index contributed by atoms with van der Waals surface area (Å²) in [5, 5.41) is 10.2. The number of terminal acetylenes is 1. The van der Waals surface area contributed by atoms with E-state index in [-0.39, 0.29) is 6.61 Å². The monoisotopic (exact) mass is 370 g/mol. The minimum absolute atomic E-state index is 0.216. The van der Waals surface area contributed by atoms with Crippen LogP contribution in [0, 0.1) is 24.2 Å². The van der Waals surface area contributed by atoms with E-state index >= 15 is 0 Å². The molecule has 3 rings (SSSR count). The van der Waals surface area contributed by atoms with Gasteiger partial charge in [0.1, 0.15) is 0 Å². The Bertz CT molecular complexity index is 1010. The van der Waals surface area contributed by atoms with Crippen molar-refractivity contribution in [3.63, 3.8) is 0 Å². The molecule has 0 aliphatic heterocycles. The van der Waals surface area contributed by atoms with Crippen molar-refractivity contribution in [1.82, 2.24) is 9.47 Å². The van der Waals surface area contributed by atoms with Crippen LogP contribution in [-0.4, -0.2) is 40.8 Å². The molecule has 0 bridgehead atoms. The molecule has 0 aliphatic rings. The van der Waals surface area contributed by atoms with E-state index in [0.717, 1.165) is 54.8 Å². The van der Waals surface area contributed by atoms with Crippen molar-refractivity contribution in [2.45, 2.75) is 19.8 Å². The molecule has 3 heteroatoms. The largest absolute Gasteiger partial charge is 0.395 e. The average molecular weight is 370 g/mol. The highest BCUT2D eigenvalue weighted by atomic mass is 16.3. The maximum atomic E-state index is 9.02. The lowest BCUT2D eigenvalue weighted by atomic mass is 10.1. The average Bonchev–Trinajstić information content (AvgIpc) is 3.16. The lowest BCUT2D eigenvalue weighted by molar-refractivity contribution is 0.201. The number of hydrogen-bond acceptors (Lipinski definition) is 2.